The second-order valence-corrected chi connectivity index (χ2v) is 5.46. The Balaban J connectivity index is 1.91. The van der Waals surface area contributed by atoms with Crippen molar-refractivity contribution in [2.45, 2.75) is 32.2 Å². The first-order valence-electron chi connectivity index (χ1n) is 7.11. The Morgan fingerprint density at radius 3 is 3.05 bits per heavy atom. The molecule has 1 aliphatic carbocycles. The fourth-order valence-corrected chi connectivity index (χ4v) is 2.98. The molecular formula is C16H21N3O. The molecule has 2 aromatic rings. The molecule has 0 aliphatic heterocycles. The maximum atomic E-state index is 5.45. The van der Waals surface area contributed by atoms with E-state index < -0.39 is 0 Å². The third-order valence-corrected chi connectivity index (χ3v) is 4.06. The topological polar surface area (TPSA) is 39.1 Å². The van der Waals surface area contributed by atoms with Crippen molar-refractivity contribution in [2.24, 2.45) is 7.05 Å². The summed E-state index contributed by atoms with van der Waals surface area (Å²) in [4.78, 5) is 0. The molecule has 4 nitrogen and oxygen atoms in total. The molecule has 0 amide bonds. The Morgan fingerprint density at radius 2 is 2.25 bits per heavy atom. The zero-order chi connectivity index (χ0) is 14.1. The van der Waals surface area contributed by atoms with E-state index in [0.29, 0.717) is 6.04 Å². The molecule has 1 aromatic carbocycles. The Kier molecular flexibility index (Phi) is 3.38. The minimum absolute atomic E-state index is 0.322. The van der Waals surface area contributed by atoms with Crippen molar-refractivity contribution in [1.82, 2.24) is 9.78 Å². The van der Waals surface area contributed by atoms with Crippen LogP contribution in [0, 0.1) is 6.92 Å². The number of aromatic nitrogens is 2. The number of benzene rings is 1. The zero-order valence-corrected chi connectivity index (χ0v) is 12.3. The van der Waals surface area contributed by atoms with Gasteiger partial charge in [0.2, 0.25) is 0 Å². The van der Waals surface area contributed by atoms with Crippen LogP contribution >= 0.6 is 0 Å². The van der Waals surface area contributed by atoms with E-state index in [-0.39, 0.29) is 0 Å². The number of nitrogens with zero attached hydrogens (tertiary/aromatic N) is 2. The van der Waals surface area contributed by atoms with Crippen molar-refractivity contribution in [3.05, 3.63) is 41.2 Å². The Bertz CT molecular complexity index is 618. The molecule has 1 atom stereocenters. The first-order valence-corrected chi connectivity index (χ1v) is 7.11. The highest BCUT2D eigenvalue weighted by molar-refractivity contribution is 5.59. The van der Waals surface area contributed by atoms with Crippen LogP contribution in [0.2, 0.25) is 0 Å². The third-order valence-electron chi connectivity index (χ3n) is 4.06. The normalized spacial score (nSPS) is 17.6. The number of hydrogen-bond acceptors (Lipinski definition) is 3. The van der Waals surface area contributed by atoms with Crippen LogP contribution in [0.15, 0.2) is 24.4 Å². The molecule has 1 unspecified atom stereocenters. The molecule has 0 fully saturated rings. The van der Waals surface area contributed by atoms with Gasteiger partial charge in [-0.1, -0.05) is 6.07 Å². The summed E-state index contributed by atoms with van der Waals surface area (Å²) >= 11 is 0. The molecule has 0 saturated carbocycles. The zero-order valence-electron chi connectivity index (χ0n) is 12.3. The lowest BCUT2D eigenvalue weighted by molar-refractivity contribution is 0.415. The van der Waals surface area contributed by atoms with Gasteiger partial charge in [0.15, 0.2) is 0 Å². The van der Waals surface area contributed by atoms with E-state index in [9.17, 15) is 0 Å². The second kappa shape index (κ2) is 5.19. The molecule has 4 heteroatoms. The van der Waals surface area contributed by atoms with Gasteiger partial charge in [-0.05, 0) is 43.9 Å². The van der Waals surface area contributed by atoms with E-state index in [1.807, 2.05) is 24.0 Å². The first kappa shape index (κ1) is 13.0. The number of fused-ring (bicyclic) bond motifs is 1. The SMILES string of the molecule is COc1ccc(C)cc1NC1CCCc2c1cnn2C. The Labute approximate surface area is 119 Å². The average molecular weight is 271 g/mol. The molecule has 0 bridgehead atoms. The fraction of sp³-hybridized carbons (Fsp3) is 0.438. The van der Waals surface area contributed by atoms with Crippen LogP contribution in [-0.2, 0) is 13.5 Å². The van der Waals surface area contributed by atoms with Gasteiger partial charge < -0.3 is 10.1 Å². The molecule has 1 aromatic heterocycles. The molecule has 1 N–H and O–H groups in total. The average Bonchev–Trinajstić information content (AvgIpc) is 2.82. The quantitative estimate of drug-likeness (QED) is 0.931. The number of aryl methyl sites for hydroxylation is 2. The molecule has 0 radical (unpaired) electrons. The Hall–Kier alpha value is -1.97. The van der Waals surface area contributed by atoms with Gasteiger partial charge in [0, 0.05) is 18.3 Å². The minimum atomic E-state index is 0.322. The molecule has 3 rings (SSSR count). The van der Waals surface area contributed by atoms with Gasteiger partial charge >= 0.3 is 0 Å². The molecule has 106 valence electrons. The second-order valence-electron chi connectivity index (χ2n) is 5.46. The standard InChI is InChI=1S/C16H21N3O/c1-11-7-8-16(20-3)14(9-11)18-13-5-4-6-15-12(13)10-17-19(15)2/h7-10,13,18H,4-6H2,1-3H3. The fourth-order valence-electron chi connectivity index (χ4n) is 2.98. The van der Waals surface area contributed by atoms with Crippen LogP contribution in [-0.4, -0.2) is 16.9 Å². The highest BCUT2D eigenvalue weighted by Crippen LogP contribution is 2.35. The van der Waals surface area contributed by atoms with Crippen LogP contribution in [0.5, 0.6) is 5.75 Å². The molecular weight excluding hydrogens is 250 g/mol. The van der Waals surface area contributed by atoms with Crippen LogP contribution < -0.4 is 10.1 Å². The lowest BCUT2D eigenvalue weighted by Gasteiger charge is -2.25. The van der Waals surface area contributed by atoms with Crippen LogP contribution in [0.1, 0.15) is 35.7 Å². The van der Waals surface area contributed by atoms with Crippen molar-refractivity contribution in [3.63, 3.8) is 0 Å². The summed E-state index contributed by atoms with van der Waals surface area (Å²) in [6.45, 7) is 2.10. The van der Waals surface area contributed by atoms with Crippen molar-refractivity contribution in [2.75, 3.05) is 12.4 Å². The van der Waals surface area contributed by atoms with Crippen LogP contribution in [0.4, 0.5) is 5.69 Å². The summed E-state index contributed by atoms with van der Waals surface area (Å²) in [5, 5.41) is 8.03. The highest BCUT2D eigenvalue weighted by Gasteiger charge is 2.24. The van der Waals surface area contributed by atoms with Gasteiger partial charge in [0.05, 0.1) is 25.0 Å². The lowest BCUT2D eigenvalue weighted by Crippen LogP contribution is -2.18. The van der Waals surface area contributed by atoms with E-state index in [1.165, 1.54) is 23.2 Å². The predicted molar refractivity (Wildman–Crippen MR) is 80.2 cm³/mol. The number of ether oxygens (including phenoxy) is 1. The third kappa shape index (κ3) is 2.26. The van der Waals surface area contributed by atoms with Crippen molar-refractivity contribution in [1.29, 1.82) is 0 Å². The maximum absolute atomic E-state index is 5.45. The molecule has 20 heavy (non-hydrogen) atoms. The maximum Gasteiger partial charge on any atom is 0.141 e. The van der Waals surface area contributed by atoms with Crippen LogP contribution in [0.3, 0.4) is 0 Å². The summed E-state index contributed by atoms with van der Waals surface area (Å²) in [5.41, 5.74) is 4.97. The molecule has 0 spiro atoms. The largest absolute Gasteiger partial charge is 0.495 e. The summed E-state index contributed by atoms with van der Waals surface area (Å²) in [7, 11) is 3.74. The van der Waals surface area contributed by atoms with E-state index in [1.54, 1.807) is 7.11 Å². The summed E-state index contributed by atoms with van der Waals surface area (Å²) in [5.74, 6) is 0.895. The summed E-state index contributed by atoms with van der Waals surface area (Å²) in [6.07, 6.45) is 5.44. The molecule has 0 saturated heterocycles. The van der Waals surface area contributed by atoms with Gasteiger partial charge in [0.25, 0.3) is 0 Å². The highest BCUT2D eigenvalue weighted by atomic mass is 16.5. The van der Waals surface area contributed by atoms with Crippen molar-refractivity contribution >= 4 is 5.69 Å². The van der Waals surface area contributed by atoms with Gasteiger partial charge in [-0.15, -0.1) is 0 Å². The lowest BCUT2D eigenvalue weighted by atomic mass is 9.92. The van der Waals surface area contributed by atoms with Gasteiger partial charge in [0.1, 0.15) is 5.75 Å². The van der Waals surface area contributed by atoms with Crippen LogP contribution in [0.25, 0.3) is 0 Å². The Morgan fingerprint density at radius 1 is 1.40 bits per heavy atom. The summed E-state index contributed by atoms with van der Waals surface area (Å²) < 4.78 is 7.45. The first-order chi connectivity index (χ1) is 9.69. The van der Waals surface area contributed by atoms with Gasteiger partial charge in [-0.2, -0.15) is 5.10 Å². The predicted octanol–water partition coefficient (Wildman–Crippen LogP) is 3.23. The van der Waals surface area contributed by atoms with Gasteiger partial charge in [-0.3, -0.25) is 4.68 Å². The van der Waals surface area contributed by atoms with E-state index in [0.717, 1.165) is 24.3 Å². The summed E-state index contributed by atoms with van der Waals surface area (Å²) in [6, 6.07) is 6.55. The number of anilines is 1. The van der Waals surface area contributed by atoms with Crippen molar-refractivity contribution in [3.8, 4) is 5.75 Å². The van der Waals surface area contributed by atoms with Crippen molar-refractivity contribution < 1.29 is 4.74 Å². The minimum Gasteiger partial charge on any atom is -0.495 e. The molecule has 1 heterocycles. The number of nitrogens with one attached hydrogen (secondary N) is 1. The monoisotopic (exact) mass is 271 g/mol. The number of rotatable bonds is 3. The van der Waals surface area contributed by atoms with E-state index in [2.05, 4.69) is 29.5 Å². The van der Waals surface area contributed by atoms with Gasteiger partial charge in [-0.25, -0.2) is 0 Å². The molecule has 1 aliphatic rings. The smallest absolute Gasteiger partial charge is 0.141 e. The van der Waals surface area contributed by atoms with E-state index >= 15 is 0 Å². The number of hydrogen-bond donors (Lipinski definition) is 1. The number of methoxy groups -OCH3 is 1. The van der Waals surface area contributed by atoms with E-state index in [4.69, 9.17) is 4.74 Å².